The smallest absolute Gasteiger partial charge is 0.258 e. The zero-order valence-corrected chi connectivity index (χ0v) is 17.7. The quantitative estimate of drug-likeness (QED) is 0.390. The number of benzene rings is 2. The molecule has 2 aromatic carbocycles. The Hall–Kier alpha value is -2.89. The highest BCUT2D eigenvalue weighted by Gasteiger charge is 2.13. The second-order valence-corrected chi connectivity index (χ2v) is 6.71. The molecule has 148 valence electrons. The van der Waals surface area contributed by atoms with E-state index in [4.69, 9.17) is 27.6 Å². The van der Waals surface area contributed by atoms with Gasteiger partial charge in [-0.2, -0.15) is 0 Å². The predicted octanol–water partition coefficient (Wildman–Crippen LogP) is 6.78. The van der Waals surface area contributed by atoms with Crippen molar-refractivity contribution in [3.8, 4) is 11.1 Å². The van der Waals surface area contributed by atoms with Crippen molar-refractivity contribution in [2.75, 3.05) is 5.32 Å². The van der Waals surface area contributed by atoms with Crippen LogP contribution in [0.3, 0.4) is 0 Å². The Balaban J connectivity index is 0.00000117. The minimum Gasteiger partial charge on any atom is -0.441 e. The average molecular weight is 428 g/mol. The van der Waals surface area contributed by atoms with Crippen molar-refractivity contribution in [2.24, 2.45) is 0 Å². The van der Waals surface area contributed by atoms with Gasteiger partial charge in [-0.25, -0.2) is 9.97 Å². The maximum atomic E-state index is 12.3. The summed E-state index contributed by atoms with van der Waals surface area (Å²) in [6, 6.07) is 14.0. The van der Waals surface area contributed by atoms with Crippen LogP contribution in [-0.4, -0.2) is 15.9 Å². The minimum absolute atomic E-state index is 0.322. The fraction of sp³-hybridized carbons (Fsp3) is 0.136. The maximum Gasteiger partial charge on any atom is 0.258 e. The van der Waals surface area contributed by atoms with Crippen LogP contribution in [0.4, 0.5) is 5.82 Å². The number of halogens is 2. The average Bonchev–Trinajstić information content (AvgIpc) is 3.08. The van der Waals surface area contributed by atoms with Crippen LogP contribution in [0.5, 0.6) is 0 Å². The number of nitrogens with zero attached hydrogens (tertiary/aromatic N) is 2. The lowest BCUT2D eigenvalue weighted by molar-refractivity contribution is 0.102. The van der Waals surface area contributed by atoms with E-state index in [-0.39, 0.29) is 5.91 Å². The van der Waals surface area contributed by atoms with Gasteiger partial charge in [0.2, 0.25) is 0 Å². The van der Waals surface area contributed by atoms with Crippen LogP contribution in [0.1, 0.15) is 30.1 Å². The number of pyridine rings is 1. The molecular weight excluding hydrogens is 409 g/mol. The molecule has 1 amide bonds. The van der Waals surface area contributed by atoms with Gasteiger partial charge in [-0.05, 0) is 36.4 Å². The van der Waals surface area contributed by atoms with Crippen molar-refractivity contribution in [1.82, 2.24) is 9.97 Å². The van der Waals surface area contributed by atoms with Crippen LogP contribution in [0, 0.1) is 6.92 Å². The normalized spacial score (nSPS) is 10.4. The van der Waals surface area contributed by atoms with E-state index in [1.807, 2.05) is 26.0 Å². The van der Waals surface area contributed by atoms with Crippen molar-refractivity contribution < 1.29 is 9.21 Å². The lowest BCUT2D eigenvalue weighted by atomic mass is 10.1. The molecule has 2 heterocycles. The summed E-state index contributed by atoms with van der Waals surface area (Å²) in [7, 11) is 0. The van der Waals surface area contributed by atoms with Gasteiger partial charge in [-0.15, -0.1) is 0 Å². The fourth-order valence-electron chi connectivity index (χ4n) is 2.74. The molecular formula is C22H19Cl2N3O2. The van der Waals surface area contributed by atoms with E-state index in [1.165, 1.54) is 0 Å². The third-order valence-electron chi connectivity index (χ3n) is 4.02. The van der Waals surface area contributed by atoms with Gasteiger partial charge in [0, 0.05) is 24.2 Å². The lowest BCUT2D eigenvalue weighted by Crippen LogP contribution is -2.13. The molecule has 4 aromatic rings. The Morgan fingerprint density at radius 2 is 1.79 bits per heavy atom. The summed E-state index contributed by atoms with van der Waals surface area (Å²) >= 11 is 12.4. The van der Waals surface area contributed by atoms with E-state index >= 15 is 0 Å². The Bertz CT molecular complexity index is 1150. The van der Waals surface area contributed by atoms with E-state index in [9.17, 15) is 4.79 Å². The van der Waals surface area contributed by atoms with Gasteiger partial charge in [0.25, 0.3) is 5.91 Å². The Morgan fingerprint density at radius 3 is 2.48 bits per heavy atom. The highest BCUT2D eigenvalue weighted by molar-refractivity contribution is 6.34. The number of hydrogen-bond acceptors (Lipinski definition) is 4. The molecule has 0 unspecified atom stereocenters. The first kappa shape index (κ1) is 20.8. The third kappa shape index (κ3) is 4.58. The maximum absolute atomic E-state index is 12.3. The Kier molecular flexibility index (Phi) is 6.52. The van der Waals surface area contributed by atoms with Crippen molar-refractivity contribution >= 4 is 46.0 Å². The number of oxazole rings is 1. The summed E-state index contributed by atoms with van der Waals surface area (Å²) in [5.74, 6) is 0.669. The Labute approximate surface area is 178 Å². The SMILES string of the molecule is CC.Cc1nc2cc(Cl)c(-c3ccc(NC(=O)c4ccccc4Cl)nc3)cc2o1. The van der Waals surface area contributed by atoms with E-state index in [0.29, 0.717) is 38.4 Å². The number of carbonyl (C=O) groups is 1. The van der Waals surface area contributed by atoms with Crippen molar-refractivity contribution in [2.45, 2.75) is 20.8 Å². The molecule has 5 nitrogen and oxygen atoms in total. The third-order valence-corrected chi connectivity index (χ3v) is 4.66. The number of aromatic nitrogens is 2. The topological polar surface area (TPSA) is 68.0 Å². The zero-order valence-electron chi connectivity index (χ0n) is 16.2. The second kappa shape index (κ2) is 9.07. The van der Waals surface area contributed by atoms with Gasteiger partial charge in [-0.1, -0.05) is 49.2 Å². The van der Waals surface area contributed by atoms with E-state index in [2.05, 4.69) is 15.3 Å². The van der Waals surface area contributed by atoms with Gasteiger partial charge in [-0.3, -0.25) is 4.79 Å². The highest BCUT2D eigenvalue weighted by Crippen LogP contribution is 2.32. The molecule has 7 heteroatoms. The van der Waals surface area contributed by atoms with Crippen LogP contribution in [-0.2, 0) is 0 Å². The van der Waals surface area contributed by atoms with Crippen LogP contribution in [0.2, 0.25) is 10.0 Å². The number of anilines is 1. The van der Waals surface area contributed by atoms with Gasteiger partial charge >= 0.3 is 0 Å². The van der Waals surface area contributed by atoms with Gasteiger partial charge in [0.15, 0.2) is 11.5 Å². The molecule has 0 saturated carbocycles. The number of amides is 1. The van der Waals surface area contributed by atoms with Crippen molar-refractivity contribution in [1.29, 1.82) is 0 Å². The monoisotopic (exact) mass is 427 g/mol. The molecule has 0 radical (unpaired) electrons. The van der Waals surface area contributed by atoms with Gasteiger partial charge < -0.3 is 9.73 Å². The minimum atomic E-state index is -0.322. The molecule has 0 bridgehead atoms. The standard InChI is InChI=1S/C20H13Cl2N3O2.C2H6/c1-11-24-17-9-16(22)14(8-18(17)27-11)12-6-7-19(23-10-12)25-20(26)13-4-2-3-5-15(13)21;1-2/h2-10H,1H3,(H,23,25,26);1-2H3. The van der Waals surface area contributed by atoms with Gasteiger partial charge in [0.1, 0.15) is 11.3 Å². The van der Waals surface area contributed by atoms with Crippen LogP contribution in [0.25, 0.3) is 22.2 Å². The number of rotatable bonds is 3. The summed E-state index contributed by atoms with van der Waals surface area (Å²) in [6.45, 7) is 5.78. The molecule has 0 aliphatic rings. The zero-order chi connectivity index (χ0) is 21.0. The summed E-state index contributed by atoms with van der Waals surface area (Å²) in [5.41, 5.74) is 3.32. The number of fused-ring (bicyclic) bond motifs is 1. The van der Waals surface area contributed by atoms with E-state index in [1.54, 1.807) is 49.5 Å². The molecule has 0 spiro atoms. The van der Waals surface area contributed by atoms with E-state index < -0.39 is 0 Å². The summed E-state index contributed by atoms with van der Waals surface area (Å²) in [4.78, 5) is 20.9. The summed E-state index contributed by atoms with van der Waals surface area (Å²) in [6.07, 6.45) is 1.64. The van der Waals surface area contributed by atoms with Crippen LogP contribution in [0.15, 0.2) is 59.1 Å². The van der Waals surface area contributed by atoms with Gasteiger partial charge in [0.05, 0.1) is 15.6 Å². The molecule has 0 aliphatic heterocycles. The molecule has 1 N–H and O–H groups in total. The largest absolute Gasteiger partial charge is 0.441 e. The predicted molar refractivity (Wildman–Crippen MR) is 118 cm³/mol. The second-order valence-electron chi connectivity index (χ2n) is 5.90. The van der Waals surface area contributed by atoms with Crippen molar-refractivity contribution in [3.63, 3.8) is 0 Å². The van der Waals surface area contributed by atoms with Crippen molar-refractivity contribution in [3.05, 3.63) is 76.2 Å². The first-order valence-corrected chi connectivity index (χ1v) is 9.86. The molecule has 2 aromatic heterocycles. The number of aryl methyl sites for hydroxylation is 1. The first-order chi connectivity index (χ1) is 14.0. The molecule has 4 rings (SSSR count). The number of carbonyl (C=O) groups excluding carboxylic acids is 1. The molecule has 0 fully saturated rings. The van der Waals surface area contributed by atoms with Crippen LogP contribution < -0.4 is 5.32 Å². The molecule has 0 aliphatic carbocycles. The highest BCUT2D eigenvalue weighted by atomic mass is 35.5. The first-order valence-electron chi connectivity index (χ1n) is 9.10. The molecule has 0 saturated heterocycles. The summed E-state index contributed by atoms with van der Waals surface area (Å²) < 4.78 is 5.56. The summed E-state index contributed by atoms with van der Waals surface area (Å²) in [5, 5.41) is 3.66. The van der Waals surface area contributed by atoms with E-state index in [0.717, 1.165) is 11.1 Å². The molecule has 0 atom stereocenters. The number of hydrogen-bond donors (Lipinski definition) is 1. The Morgan fingerprint density at radius 1 is 1.03 bits per heavy atom. The fourth-order valence-corrected chi connectivity index (χ4v) is 3.23. The molecule has 29 heavy (non-hydrogen) atoms. The van der Waals surface area contributed by atoms with Crippen LogP contribution >= 0.6 is 23.2 Å². The lowest BCUT2D eigenvalue weighted by Gasteiger charge is -2.08. The number of nitrogens with one attached hydrogen (secondary N) is 1.